The molecule has 0 saturated carbocycles. The molecule has 2 saturated heterocycles. The number of carbonyl (C=O) groups excluding carboxylic acids is 2. The molecule has 0 bridgehead atoms. The molecule has 0 unspecified atom stereocenters. The summed E-state index contributed by atoms with van der Waals surface area (Å²) in [6.45, 7) is 4.56. The van der Waals surface area contributed by atoms with Gasteiger partial charge in [-0.05, 0) is 56.7 Å². The molecule has 154 valence electrons. The van der Waals surface area contributed by atoms with Gasteiger partial charge in [-0.2, -0.15) is 0 Å². The molecule has 2 aliphatic rings. The highest BCUT2D eigenvalue weighted by Crippen LogP contribution is 2.37. The monoisotopic (exact) mass is 389 g/mol. The number of methoxy groups -OCH3 is 1. The van der Waals surface area contributed by atoms with Gasteiger partial charge in [-0.3, -0.25) is 9.59 Å². The van der Waals surface area contributed by atoms with Crippen molar-refractivity contribution in [2.75, 3.05) is 40.0 Å². The van der Waals surface area contributed by atoms with Crippen molar-refractivity contribution in [2.45, 2.75) is 39.0 Å². The van der Waals surface area contributed by atoms with E-state index in [2.05, 4.69) is 0 Å². The molecule has 0 radical (unpaired) electrons. The smallest absolute Gasteiger partial charge is 0.314 e. The van der Waals surface area contributed by atoms with Crippen molar-refractivity contribution in [3.63, 3.8) is 0 Å². The van der Waals surface area contributed by atoms with Gasteiger partial charge in [0.1, 0.15) is 5.75 Å². The highest BCUT2D eigenvalue weighted by molar-refractivity contribution is 5.82. The van der Waals surface area contributed by atoms with Gasteiger partial charge in [0.25, 0.3) is 0 Å². The van der Waals surface area contributed by atoms with Crippen LogP contribution in [0.25, 0.3) is 0 Å². The number of likely N-dealkylation sites (tertiary alicyclic amines) is 1. The number of piperidine rings is 1. The van der Waals surface area contributed by atoms with E-state index in [4.69, 9.17) is 14.2 Å². The first kappa shape index (κ1) is 20.6. The van der Waals surface area contributed by atoms with E-state index in [-0.39, 0.29) is 17.8 Å². The third kappa shape index (κ3) is 4.66. The zero-order valence-corrected chi connectivity index (χ0v) is 16.9. The Bertz CT molecular complexity index is 685. The van der Waals surface area contributed by atoms with Gasteiger partial charge in [0.15, 0.2) is 0 Å². The van der Waals surface area contributed by atoms with Gasteiger partial charge in [0.2, 0.25) is 5.91 Å². The van der Waals surface area contributed by atoms with Gasteiger partial charge in [-0.15, -0.1) is 0 Å². The quantitative estimate of drug-likeness (QED) is 0.700. The summed E-state index contributed by atoms with van der Waals surface area (Å²) >= 11 is 0. The molecule has 6 heteroatoms. The Morgan fingerprint density at radius 1 is 1.29 bits per heavy atom. The van der Waals surface area contributed by atoms with E-state index in [1.807, 2.05) is 36.1 Å². The summed E-state index contributed by atoms with van der Waals surface area (Å²) in [5.41, 5.74) is 0.314. The molecular formula is C22H31NO5. The summed E-state index contributed by atoms with van der Waals surface area (Å²) < 4.78 is 16.2. The van der Waals surface area contributed by atoms with Crippen molar-refractivity contribution in [2.24, 2.45) is 11.3 Å². The van der Waals surface area contributed by atoms with E-state index in [1.165, 1.54) is 0 Å². The van der Waals surface area contributed by atoms with Gasteiger partial charge in [0, 0.05) is 32.2 Å². The van der Waals surface area contributed by atoms with E-state index >= 15 is 0 Å². The van der Waals surface area contributed by atoms with Crippen molar-refractivity contribution in [3.8, 4) is 5.75 Å². The predicted octanol–water partition coefficient (Wildman–Crippen LogP) is 2.84. The van der Waals surface area contributed by atoms with E-state index < -0.39 is 5.41 Å². The van der Waals surface area contributed by atoms with Gasteiger partial charge < -0.3 is 19.1 Å². The Labute approximate surface area is 167 Å². The third-order valence-corrected chi connectivity index (χ3v) is 5.84. The summed E-state index contributed by atoms with van der Waals surface area (Å²) in [6, 6.07) is 7.78. The molecule has 6 nitrogen and oxygen atoms in total. The number of rotatable bonds is 6. The number of nitrogens with zero attached hydrogens (tertiary/aromatic N) is 1. The van der Waals surface area contributed by atoms with Crippen LogP contribution in [0.3, 0.4) is 0 Å². The zero-order valence-electron chi connectivity index (χ0n) is 16.9. The van der Waals surface area contributed by atoms with E-state index in [9.17, 15) is 9.59 Å². The highest BCUT2D eigenvalue weighted by atomic mass is 16.5. The number of carbonyl (C=O) groups is 2. The van der Waals surface area contributed by atoms with Crippen LogP contribution in [0.5, 0.6) is 5.75 Å². The van der Waals surface area contributed by atoms with E-state index in [0.29, 0.717) is 39.3 Å². The molecule has 3 rings (SSSR count). The van der Waals surface area contributed by atoms with Crippen LogP contribution in [0, 0.1) is 11.3 Å². The molecule has 0 spiro atoms. The van der Waals surface area contributed by atoms with E-state index in [1.54, 1.807) is 7.11 Å². The minimum absolute atomic E-state index is 0.00330. The Kier molecular flexibility index (Phi) is 6.94. The molecule has 1 amide bonds. The van der Waals surface area contributed by atoms with Crippen LogP contribution in [-0.4, -0.2) is 56.8 Å². The SMILES string of the molecule is CCOC(=O)[C@]1(Cc2cccc(OC)c2)CCCN(C(=O)C2CCOCC2)C1. The highest BCUT2D eigenvalue weighted by Gasteiger charge is 2.45. The molecule has 2 aliphatic heterocycles. The second kappa shape index (κ2) is 9.41. The first-order valence-corrected chi connectivity index (χ1v) is 10.2. The number of hydrogen-bond donors (Lipinski definition) is 0. The summed E-state index contributed by atoms with van der Waals surface area (Å²) in [7, 11) is 1.63. The maximum Gasteiger partial charge on any atom is 0.314 e. The predicted molar refractivity (Wildman–Crippen MR) is 105 cm³/mol. The second-order valence-electron chi connectivity index (χ2n) is 7.78. The number of amides is 1. The lowest BCUT2D eigenvalue weighted by Crippen LogP contribution is -2.53. The first-order chi connectivity index (χ1) is 13.6. The van der Waals surface area contributed by atoms with E-state index in [0.717, 1.165) is 37.0 Å². The summed E-state index contributed by atoms with van der Waals surface area (Å²) in [5.74, 6) is 0.718. The average Bonchev–Trinajstić information content (AvgIpc) is 2.74. The Hall–Kier alpha value is -2.08. The number of esters is 1. The van der Waals surface area contributed by atoms with Crippen molar-refractivity contribution in [1.82, 2.24) is 4.90 Å². The molecule has 28 heavy (non-hydrogen) atoms. The average molecular weight is 389 g/mol. The molecule has 1 aromatic carbocycles. The minimum atomic E-state index is -0.707. The van der Waals surface area contributed by atoms with Crippen LogP contribution < -0.4 is 4.74 Å². The third-order valence-electron chi connectivity index (χ3n) is 5.84. The van der Waals surface area contributed by atoms with Crippen LogP contribution in [0.15, 0.2) is 24.3 Å². The summed E-state index contributed by atoms with van der Waals surface area (Å²) in [4.78, 5) is 28.0. The minimum Gasteiger partial charge on any atom is -0.497 e. The first-order valence-electron chi connectivity index (χ1n) is 10.2. The Balaban J connectivity index is 1.81. The summed E-state index contributed by atoms with van der Waals surface area (Å²) in [5, 5.41) is 0. The number of hydrogen-bond acceptors (Lipinski definition) is 5. The molecule has 2 heterocycles. The number of ether oxygens (including phenoxy) is 3. The van der Waals surface area contributed by atoms with Crippen LogP contribution >= 0.6 is 0 Å². The number of benzene rings is 1. The van der Waals surface area contributed by atoms with Gasteiger partial charge in [0.05, 0.1) is 19.1 Å². The standard InChI is InChI=1S/C22H31NO5/c1-3-28-21(25)22(15-17-6-4-7-19(14-17)26-2)10-5-11-23(16-22)20(24)18-8-12-27-13-9-18/h4,6-7,14,18H,3,5,8-13,15-16H2,1-2H3/t22-/m0/s1. The Morgan fingerprint density at radius 2 is 2.07 bits per heavy atom. The normalized spacial score (nSPS) is 23.3. The molecule has 0 aromatic heterocycles. The fourth-order valence-corrected chi connectivity index (χ4v) is 4.36. The molecular weight excluding hydrogens is 358 g/mol. The lowest BCUT2D eigenvalue weighted by atomic mass is 9.74. The van der Waals surface area contributed by atoms with Crippen LogP contribution in [-0.2, 0) is 25.5 Å². The van der Waals surface area contributed by atoms with Crippen molar-refractivity contribution in [3.05, 3.63) is 29.8 Å². The lowest BCUT2D eigenvalue weighted by Gasteiger charge is -2.42. The molecule has 0 aliphatic carbocycles. The van der Waals surface area contributed by atoms with Crippen molar-refractivity contribution in [1.29, 1.82) is 0 Å². The van der Waals surface area contributed by atoms with Crippen LogP contribution in [0.4, 0.5) is 0 Å². The van der Waals surface area contributed by atoms with Crippen molar-refractivity contribution >= 4 is 11.9 Å². The lowest BCUT2D eigenvalue weighted by molar-refractivity contribution is -0.162. The van der Waals surface area contributed by atoms with Crippen LogP contribution in [0.1, 0.15) is 38.2 Å². The summed E-state index contributed by atoms with van der Waals surface area (Å²) in [6.07, 6.45) is 3.59. The molecule has 1 atom stereocenters. The Morgan fingerprint density at radius 3 is 2.79 bits per heavy atom. The van der Waals surface area contributed by atoms with Gasteiger partial charge in [-0.25, -0.2) is 0 Å². The molecule has 0 N–H and O–H groups in total. The largest absolute Gasteiger partial charge is 0.497 e. The fourth-order valence-electron chi connectivity index (χ4n) is 4.36. The second-order valence-corrected chi connectivity index (χ2v) is 7.78. The fraction of sp³-hybridized carbons (Fsp3) is 0.636. The van der Waals surface area contributed by atoms with Crippen molar-refractivity contribution < 1.29 is 23.8 Å². The topological polar surface area (TPSA) is 65.1 Å². The van der Waals surface area contributed by atoms with Gasteiger partial charge in [-0.1, -0.05) is 12.1 Å². The van der Waals surface area contributed by atoms with Gasteiger partial charge >= 0.3 is 5.97 Å². The van der Waals surface area contributed by atoms with Crippen LogP contribution in [0.2, 0.25) is 0 Å². The zero-order chi connectivity index (χ0) is 20.0. The maximum atomic E-state index is 13.1. The molecule has 2 fully saturated rings. The maximum absolute atomic E-state index is 13.1. The molecule has 1 aromatic rings.